The average molecular weight is 237 g/mol. The third-order valence-corrected chi connectivity index (χ3v) is 2.30. The molecule has 0 aliphatic heterocycles. The Morgan fingerprint density at radius 3 is 2.76 bits per heavy atom. The zero-order chi connectivity index (χ0) is 12.7. The molecule has 0 saturated heterocycles. The van der Waals surface area contributed by atoms with Crippen LogP contribution >= 0.6 is 0 Å². The Balaban J connectivity index is 2.74. The molecule has 1 atom stereocenters. The van der Waals surface area contributed by atoms with Gasteiger partial charge in [0.2, 0.25) is 0 Å². The largest absolute Gasteiger partial charge is 0.481 e. The van der Waals surface area contributed by atoms with Gasteiger partial charge < -0.3 is 9.84 Å². The molecule has 0 fully saturated rings. The maximum atomic E-state index is 11.4. The fourth-order valence-electron chi connectivity index (χ4n) is 1.56. The van der Waals surface area contributed by atoms with Crippen molar-refractivity contribution >= 4 is 11.9 Å². The van der Waals surface area contributed by atoms with Crippen LogP contribution in [-0.2, 0) is 14.3 Å². The highest BCUT2D eigenvalue weighted by Gasteiger charge is 2.20. The van der Waals surface area contributed by atoms with Gasteiger partial charge in [0.1, 0.15) is 0 Å². The Bertz CT molecular complexity index is 377. The molecule has 0 aromatic carbocycles. The molecule has 5 nitrogen and oxygen atoms in total. The summed E-state index contributed by atoms with van der Waals surface area (Å²) in [6, 6.07) is 3.48. The molecule has 1 rings (SSSR count). The van der Waals surface area contributed by atoms with Gasteiger partial charge in [-0.15, -0.1) is 0 Å². The van der Waals surface area contributed by atoms with E-state index in [1.807, 2.05) is 0 Å². The molecule has 92 valence electrons. The van der Waals surface area contributed by atoms with Crippen LogP contribution in [0, 0.1) is 0 Å². The van der Waals surface area contributed by atoms with Crippen molar-refractivity contribution in [3.8, 4) is 0 Å². The van der Waals surface area contributed by atoms with E-state index in [4.69, 9.17) is 9.84 Å². The van der Waals surface area contributed by atoms with E-state index in [0.717, 1.165) is 5.56 Å². The van der Waals surface area contributed by atoms with E-state index >= 15 is 0 Å². The summed E-state index contributed by atoms with van der Waals surface area (Å²) < 4.78 is 4.82. The van der Waals surface area contributed by atoms with E-state index in [1.54, 1.807) is 31.5 Å². The van der Waals surface area contributed by atoms with Gasteiger partial charge in [-0.2, -0.15) is 0 Å². The second-order valence-corrected chi connectivity index (χ2v) is 3.59. The smallest absolute Gasteiger partial charge is 0.306 e. The maximum absolute atomic E-state index is 11.4. The molecule has 1 unspecified atom stereocenters. The number of hydrogen-bond donors (Lipinski definition) is 1. The normalized spacial score (nSPS) is 11.8. The number of aliphatic carboxylic acids is 1. The monoisotopic (exact) mass is 237 g/mol. The van der Waals surface area contributed by atoms with Gasteiger partial charge in [-0.25, -0.2) is 0 Å². The zero-order valence-electron chi connectivity index (χ0n) is 9.63. The van der Waals surface area contributed by atoms with Crippen molar-refractivity contribution in [2.24, 2.45) is 0 Å². The lowest BCUT2D eigenvalue weighted by Gasteiger charge is -2.13. The quantitative estimate of drug-likeness (QED) is 0.760. The molecule has 0 amide bonds. The van der Waals surface area contributed by atoms with Gasteiger partial charge in [0.25, 0.3) is 0 Å². The number of carboxylic acids is 1. The van der Waals surface area contributed by atoms with Crippen molar-refractivity contribution in [1.29, 1.82) is 0 Å². The van der Waals surface area contributed by atoms with Crippen LogP contribution in [0.5, 0.6) is 0 Å². The molecular weight excluding hydrogens is 222 g/mol. The zero-order valence-corrected chi connectivity index (χ0v) is 9.63. The van der Waals surface area contributed by atoms with Crippen LogP contribution < -0.4 is 0 Å². The summed E-state index contributed by atoms with van der Waals surface area (Å²) in [4.78, 5) is 26.0. The number of rotatable bonds is 6. The van der Waals surface area contributed by atoms with E-state index in [2.05, 4.69) is 4.98 Å². The summed E-state index contributed by atoms with van der Waals surface area (Å²) in [6.45, 7) is 2.01. The van der Waals surface area contributed by atoms with Gasteiger partial charge in [-0.3, -0.25) is 14.6 Å². The van der Waals surface area contributed by atoms with E-state index in [9.17, 15) is 9.59 Å². The molecule has 1 N–H and O–H groups in total. The minimum Gasteiger partial charge on any atom is -0.481 e. The van der Waals surface area contributed by atoms with Crippen LogP contribution in [0.3, 0.4) is 0 Å². The highest BCUT2D eigenvalue weighted by Crippen LogP contribution is 2.23. The van der Waals surface area contributed by atoms with Crippen molar-refractivity contribution in [1.82, 2.24) is 4.98 Å². The number of nitrogens with zero attached hydrogens (tertiary/aromatic N) is 1. The lowest BCUT2D eigenvalue weighted by Crippen LogP contribution is -2.14. The summed E-state index contributed by atoms with van der Waals surface area (Å²) in [5.74, 6) is -1.72. The second kappa shape index (κ2) is 6.62. The number of carbonyl (C=O) groups excluding carboxylic acids is 1. The van der Waals surface area contributed by atoms with Gasteiger partial charge in [0, 0.05) is 18.3 Å². The van der Waals surface area contributed by atoms with Crippen molar-refractivity contribution in [3.05, 3.63) is 30.1 Å². The van der Waals surface area contributed by atoms with Crippen LogP contribution in [0.2, 0.25) is 0 Å². The number of pyridine rings is 1. The number of carbonyl (C=O) groups is 2. The Morgan fingerprint density at radius 2 is 2.24 bits per heavy atom. The number of ether oxygens (including phenoxy) is 1. The Hall–Kier alpha value is -1.91. The van der Waals surface area contributed by atoms with Gasteiger partial charge in [0.05, 0.1) is 19.4 Å². The third kappa shape index (κ3) is 4.63. The molecule has 1 heterocycles. The molecular formula is C12H15NO4. The van der Waals surface area contributed by atoms with Crippen molar-refractivity contribution in [3.63, 3.8) is 0 Å². The first-order chi connectivity index (χ1) is 8.13. The first-order valence-corrected chi connectivity index (χ1v) is 5.40. The second-order valence-electron chi connectivity index (χ2n) is 3.59. The molecule has 5 heteroatoms. The van der Waals surface area contributed by atoms with Crippen LogP contribution in [0.4, 0.5) is 0 Å². The van der Waals surface area contributed by atoms with Crippen LogP contribution in [0.1, 0.15) is 31.2 Å². The van der Waals surface area contributed by atoms with Gasteiger partial charge in [0.15, 0.2) is 0 Å². The molecule has 1 aromatic rings. The summed E-state index contributed by atoms with van der Waals surface area (Å²) in [7, 11) is 0. The summed E-state index contributed by atoms with van der Waals surface area (Å²) in [5, 5.41) is 8.82. The van der Waals surface area contributed by atoms with Crippen molar-refractivity contribution in [2.45, 2.75) is 25.7 Å². The average Bonchev–Trinajstić information content (AvgIpc) is 2.29. The van der Waals surface area contributed by atoms with Gasteiger partial charge in [-0.1, -0.05) is 6.07 Å². The van der Waals surface area contributed by atoms with E-state index in [0.29, 0.717) is 6.61 Å². The minimum absolute atomic E-state index is 0.0613. The molecule has 17 heavy (non-hydrogen) atoms. The predicted octanol–water partition coefficient (Wildman–Crippen LogP) is 1.59. The molecule has 0 aliphatic carbocycles. The van der Waals surface area contributed by atoms with E-state index in [-0.39, 0.29) is 24.7 Å². The van der Waals surface area contributed by atoms with Crippen molar-refractivity contribution in [2.75, 3.05) is 6.61 Å². The first-order valence-electron chi connectivity index (χ1n) is 5.40. The number of hydrogen-bond acceptors (Lipinski definition) is 4. The molecule has 0 aliphatic rings. The summed E-state index contributed by atoms with van der Waals surface area (Å²) in [6.07, 6.45) is 3.13. The minimum atomic E-state index is -0.942. The number of aromatic nitrogens is 1. The summed E-state index contributed by atoms with van der Waals surface area (Å²) in [5.41, 5.74) is 0.739. The number of esters is 1. The van der Waals surface area contributed by atoms with Crippen LogP contribution in [-0.4, -0.2) is 28.6 Å². The molecule has 0 bridgehead atoms. The Morgan fingerprint density at radius 1 is 1.47 bits per heavy atom. The highest BCUT2D eigenvalue weighted by atomic mass is 16.5. The van der Waals surface area contributed by atoms with E-state index < -0.39 is 5.97 Å². The van der Waals surface area contributed by atoms with E-state index in [1.165, 1.54) is 0 Å². The van der Waals surface area contributed by atoms with Gasteiger partial charge in [-0.05, 0) is 18.6 Å². The Kier molecular flexibility index (Phi) is 5.13. The molecule has 0 spiro atoms. The lowest BCUT2D eigenvalue weighted by molar-refractivity contribution is -0.144. The first kappa shape index (κ1) is 13.2. The van der Waals surface area contributed by atoms with Crippen LogP contribution in [0.15, 0.2) is 24.5 Å². The fraction of sp³-hybridized carbons (Fsp3) is 0.417. The Labute approximate surface area is 99.4 Å². The highest BCUT2D eigenvalue weighted by molar-refractivity contribution is 5.73. The van der Waals surface area contributed by atoms with Crippen LogP contribution in [0.25, 0.3) is 0 Å². The topological polar surface area (TPSA) is 76.5 Å². The predicted molar refractivity (Wildman–Crippen MR) is 60.5 cm³/mol. The lowest BCUT2D eigenvalue weighted by atomic mass is 9.94. The SMILES string of the molecule is CCOC(=O)CC(CC(=O)O)c1cccnc1. The number of carboxylic acid groups (broad SMARTS) is 1. The standard InChI is InChI=1S/C12H15NO4/c1-2-17-12(16)7-10(6-11(14)15)9-4-3-5-13-8-9/h3-5,8,10H,2,6-7H2,1H3,(H,14,15). The molecule has 0 radical (unpaired) electrons. The van der Waals surface area contributed by atoms with Gasteiger partial charge >= 0.3 is 11.9 Å². The van der Waals surface area contributed by atoms with Crippen molar-refractivity contribution < 1.29 is 19.4 Å². The third-order valence-electron chi connectivity index (χ3n) is 2.30. The fourth-order valence-corrected chi connectivity index (χ4v) is 1.56. The molecule has 1 aromatic heterocycles. The molecule has 0 saturated carbocycles. The maximum Gasteiger partial charge on any atom is 0.306 e. The summed E-state index contributed by atoms with van der Waals surface area (Å²) >= 11 is 0.